The van der Waals surface area contributed by atoms with Crippen molar-refractivity contribution in [2.24, 2.45) is 5.92 Å². The Hall–Kier alpha value is -1.44. The minimum Gasteiger partial charge on any atom is -0.457 e. The van der Waals surface area contributed by atoms with Crippen molar-refractivity contribution in [3.05, 3.63) is 30.3 Å². The summed E-state index contributed by atoms with van der Waals surface area (Å²) in [4.78, 5) is 22.7. The number of carbonyl (C=O) groups excluding carboxylic acids is 1. The molecule has 0 N–H and O–H groups in total. The van der Waals surface area contributed by atoms with E-state index in [2.05, 4.69) is 0 Å². The van der Waals surface area contributed by atoms with Crippen LogP contribution in [0.3, 0.4) is 0 Å². The van der Waals surface area contributed by atoms with Gasteiger partial charge in [0.15, 0.2) is 9.84 Å². The lowest BCUT2D eigenvalue weighted by Gasteiger charge is -2.51. The van der Waals surface area contributed by atoms with Gasteiger partial charge in [-0.1, -0.05) is 18.2 Å². The maximum absolute atomic E-state index is 12.7. The fourth-order valence-corrected chi connectivity index (χ4v) is 5.63. The molecule has 2 bridgehead atoms. The van der Waals surface area contributed by atoms with Crippen molar-refractivity contribution in [3.8, 4) is 0 Å². The first-order chi connectivity index (χ1) is 11.6. The van der Waals surface area contributed by atoms with Crippen LogP contribution in [0.15, 0.2) is 35.2 Å². The monoisotopic (exact) mass is 368 g/mol. The Kier molecular flexibility index (Phi) is 4.68. The first-order valence-electron chi connectivity index (χ1n) is 8.46. The van der Waals surface area contributed by atoms with Gasteiger partial charge in [-0.3, -0.25) is 4.79 Å². The molecule has 138 valence electrons. The third kappa shape index (κ3) is 3.59. The molecule has 0 radical (unpaired) electrons. The zero-order valence-electron chi connectivity index (χ0n) is 14.7. The van der Waals surface area contributed by atoms with Gasteiger partial charge >= 0.3 is 5.97 Å². The van der Waals surface area contributed by atoms with E-state index in [-0.39, 0.29) is 28.6 Å². The van der Waals surface area contributed by atoms with Crippen LogP contribution in [0, 0.1) is 5.92 Å². The molecule has 3 rings (SSSR count). The molecule has 1 aliphatic carbocycles. The predicted molar refractivity (Wildman–Crippen MR) is 90.4 cm³/mol. The first-order valence-corrected chi connectivity index (χ1v) is 10.1. The minimum atomic E-state index is -3.49. The highest BCUT2D eigenvalue weighted by molar-refractivity contribution is 7.91. The van der Waals surface area contributed by atoms with Gasteiger partial charge in [0.25, 0.3) is 0 Å². The molecule has 0 amide bonds. The van der Waals surface area contributed by atoms with E-state index in [1.54, 1.807) is 37.3 Å². The third-order valence-corrected chi connectivity index (χ3v) is 7.29. The molecule has 1 saturated carbocycles. The Bertz CT molecular complexity index is 746. The van der Waals surface area contributed by atoms with Crippen LogP contribution >= 0.6 is 0 Å². The number of hydrogen-bond donors (Lipinski definition) is 0. The van der Waals surface area contributed by atoms with Crippen molar-refractivity contribution < 1.29 is 27.7 Å². The van der Waals surface area contributed by atoms with E-state index < -0.39 is 21.0 Å². The van der Waals surface area contributed by atoms with Crippen molar-refractivity contribution >= 4 is 15.8 Å². The maximum atomic E-state index is 12.7. The van der Waals surface area contributed by atoms with E-state index in [1.165, 1.54) is 6.92 Å². The Labute approximate surface area is 148 Å². The van der Waals surface area contributed by atoms with Crippen molar-refractivity contribution in [1.82, 2.24) is 0 Å². The molecule has 25 heavy (non-hydrogen) atoms. The van der Waals surface area contributed by atoms with Crippen LogP contribution in [0.25, 0.3) is 0 Å². The Balaban J connectivity index is 1.77. The summed E-state index contributed by atoms with van der Waals surface area (Å²) in [5.74, 6) is -0.482. The summed E-state index contributed by atoms with van der Waals surface area (Å²) in [6.07, 6.45) is 1.55. The van der Waals surface area contributed by atoms with Crippen LogP contribution in [-0.4, -0.2) is 37.4 Å². The van der Waals surface area contributed by atoms with E-state index >= 15 is 0 Å². The molecule has 1 aromatic rings. The number of ether oxygens (including phenoxy) is 1. The number of sulfone groups is 1. The lowest BCUT2D eigenvalue weighted by molar-refractivity contribution is -0.441. The Morgan fingerprint density at radius 1 is 1.28 bits per heavy atom. The van der Waals surface area contributed by atoms with E-state index in [1.807, 2.05) is 6.92 Å². The molecule has 2 fully saturated rings. The molecule has 1 aromatic carbocycles. The normalized spacial score (nSPS) is 35.2. The van der Waals surface area contributed by atoms with Gasteiger partial charge in [0, 0.05) is 6.92 Å². The van der Waals surface area contributed by atoms with Crippen LogP contribution in [0.5, 0.6) is 0 Å². The summed E-state index contributed by atoms with van der Waals surface area (Å²) in [7, 11) is -3.49. The molecule has 1 saturated heterocycles. The number of benzene rings is 1. The van der Waals surface area contributed by atoms with Crippen molar-refractivity contribution in [1.29, 1.82) is 0 Å². The minimum absolute atomic E-state index is 0.0216. The zero-order valence-corrected chi connectivity index (χ0v) is 15.5. The van der Waals surface area contributed by atoms with Gasteiger partial charge < -0.3 is 4.74 Å². The highest BCUT2D eigenvalue weighted by atomic mass is 32.2. The van der Waals surface area contributed by atoms with Gasteiger partial charge in [0.05, 0.1) is 10.6 Å². The second kappa shape index (κ2) is 6.37. The van der Waals surface area contributed by atoms with Crippen LogP contribution in [0.4, 0.5) is 0 Å². The lowest BCUT2D eigenvalue weighted by Crippen LogP contribution is -2.59. The largest absolute Gasteiger partial charge is 0.457 e. The number of hydrogen-bond acceptors (Lipinski definition) is 6. The van der Waals surface area contributed by atoms with E-state index in [4.69, 9.17) is 14.5 Å². The van der Waals surface area contributed by atoms with E-state index in [0.29, 0.717) is 19.3 Å². The summed E-state index contributed by atoms with van der Waals surface area (Å²) in [5.41, 5.74) is -1.66. The topological polar surface area (TPSA) is 78.9 Å². The van der Waals surface area contributed by atoms with Crippen LogP contribution in [-0.2, 0) is 29.1 Å². The fraction of sp³-hybridized carbons (Fsp3) is 0.611. The molecule has 6 nitrogen and oxygen atoms in total. The molecular weight excluding hydrogens is 344 g/mol. The van der Waals surface area contributed by atoms with Crippen LogP contribution < -0.4 is 0 Å². The highest BCUT2D eigenvalue weighted by Gasteiger charge is 2.55. The molecule has 7 heteroatoms. The second-order valence-electron chi connectivity index (χ2n) is 7.43. The smallest absolute Gasteiger partial charge is 0.303 e. The zero-order chi connectivity index (χ0) is 18.3. The van der Waals surface area contributed by atoms with Crippen molar-refractivity contribution in [3.63, 3.8) is 0 Å². The number of esters is 1. The molecule has 2 aliphatic rings. The molecule has 1 heterocycles. The SMILES string of the molecule is CC(=O)O[C@]1(C)CC[C@@H]2C[C@H]1OO[C@]2(C)CS(=O)(=O)c1ccccc1. The summed E-state index contributed by atoms with van der Waals surface area (Å²) in [6, 6.07) is 8.36. The molecule has 4 atom stereocenters. The maximum Gasteiger partial charge on any atom is 0.303 e. The van der Waals surface area contributed by atoms with Gasteiger partial charge in [0.2, 0.25) is 0 Å². The summed E-state index contributed by atoms with van der Waals surface area (Å²) in [6.45, 7) is 4.99. The Morgan fingerprint density at radius 2 is 1.96 bits per heavy atom. The molecule has 1 aliphatic heterocycles. The summed E-state index contributed by atoms with van der Waals surface area (Å²) >= 11 is 0. The average molecular weight is 368 g/mol. The first kappa shape index (κ1) is 18.4. The number of rotatable bonds is 4. The van der Waals surface area contributed by atoms with Gasteiger partial charge in [-0.25, -0.2) is 18.2 Å². The van der Waals surface area contributed by atoms with Gasteiger partial charge in [0.1, 0.15) is 17.3 Å². The standard InChI is InChI=1S/C18H24O6S/c1-13(19)22-17(2)10-9-14-11-16(17)23-24-18(14,3)12-25(20,21)15-7-5-4-6-8-15/h4-8,14,16H,9-12H2,1-3H3/t14-,16-,17-,18-/m1/s1. The van der Waals surface area contributed by atoms with Crippen molar-refractivity contribution in [2.75, 3.05) is 5.75 Å². The molecular formula is C18H24O6S. The highest BCUT2D eigenvalue weighted by Crippen LogP contribution is 2.47. The van der Waals surface area contributed by atoms with E-state index in [9.17, 15) is 13.2 Å². The molecule has 0 unspecified atom stereocenters. The fourth-order valence-electron chi connectivity index (χ4n) is 3.85. The van der Waals surface area contributed by atoms with Crippen LogP contribution in [0.1, 0.15) is 40.0 Å². The number of fused-ring (bicyclic) bond motifs is 2. The second-order valence-corrected chi connectivity index (χ2v) is 9.42. The lowest BCUT2D eigenvalue weighted by atomic mass is 9.71. The average Bonchev–Trinajstić information content (AvgIpc) is 2.53. The quantitative estimate of drug-likeness (QED) is 0.600. The number of carbonyl (C=O) groups is 1. The van der Waals surface area contributed by atoms with Gasteiger partial charge in [-0.05, 0) is 51.2 Å². The van der Waals surface area contributed by atoms with Crippen LogP contribution in [0.2, 0.25) is 0 Å². The molecule has 0 aromatic heterocycles. The Morgan fingerprint density at radius 3 is 2.60 bits per heavy atom. The molecule has 0 spiro atoms. The summed E-state index contributed by atoms with van der Waals surface area (Å²) < 4.78 is 30.9. The summed E-state index contributed by atoms with van der Waals surface area (Å²) in [5, 5.41) is 0. The predicted octanol–water partition coefficient (Wildman–Crippen LogP) is 2.67. The van der Waals surface area contributed by atoms with Crippen molar-refractivity contribution in [2.45, 2.75) is 62.2 Å². The van der Waals surface area contributed by atoms with Gasteiger partial charge in [-0.15, -0.1) is 0 Å². The van der Waals surface area contributed by atoms with E-state index in [0.717, 1.165) is 0 Å². The van der Waals surface area contributed by atoms with Gasteiger partial charge in [-0.2, -0.15) is 0 Å². The third-order valence-electron chi connectivity index (χ3n) is 5.34.